The van der Waals surface area contributed by atoms with Crippen molar-refractivity contribution in [3.05, 3.63) is 84.6 Å². The van der Waals surface area contributed by atoms with Gasteiger partial charge in [-0.05, 0) is 24.5 Å². The Labute approximate surface area is 188 Å². The minimum atomic E-state index is -0.372. The highest BCUT2D eigenvalue weighted by Crippen LogP contribution is 2.32. The predicted octanol–water partition coefficient (Wildman–Crippen LogP) is 4.23. The molecule has 0 bridgehead atoms. The van der Waals surface area contributed by atoms with Crippen molar-refractivity contribution in [2.24, 2.45) is 5.73 Å². The first-order valence-corrected chi connectivity index (χ1v) is 10.5. The van der Waals surface area contributed by atoms with E-state index in [-0.39, 0.29) is 24.5 Å². The summed E-state index contributed by atoms with van der Waals surface area (Å²) in [5, 5.41) is 7.97. The van der Waals surface area contributed by atoms with Crippen LogP contribution in [0.3, 0.4) is 0 Å². The molecule has 1 amide bonds. The number of hydrogen-bond acceptors (Lipinski definition) is 5. The highest BCUT2D eigenvalue weighted by Gasteiger charge is 2.28. The van der Waals surface area contributed by atoms with Crippen LogP contribution in [0.1, 0.15) is 30.0 Å². The molecule has 0 saturated carbocycles. The molecule has 2 heterocycles. The molecular formula is C25H29N5O2. The van der Waals surface area contributed by atoms with Crippen LogP contribution in [0.4, 0.5) is 10.5 Å². The SMILES string of the molecule is C=C/C=C(\C=C)COC(=O)N1CCCC(c2cc(N)c(C(=N)N)c(-c3ccccc3)n2)C1. The van der Waals surface area contributed by atoms with Gasteiger partial charge in [0.25, 0.3) is 0 Å². The molecule has 2 aromatic rings. The lowest BCUT2D eigenvalue weighted by Gasteiger charge is -2.32. The van der Waals surface area contributed by atoms with Crippen LogP contribution in [0, 0.1) is 5.41 Å². The first kappa shape index (κ1) is 22.8. The molecule has 1 saturated heterocycles. The number of pyridine rings is 1. The fraction of sp³-hybridized carbons (Fsp3) is 0.240. The summed E-state index contributed by atoms with van der Waals surface area (Å²) in [6.45, 7) is 8.61. The Bertz CT molecular complexity index is 1050. The fourth-order valence-electron chi connectivity index (χ4n) is 3.83. The summed E-state index contributed by atoms with van der Waals surface area (Å²) in [5.74, 6) is -0.121. The van der Waals surface area contributed by atoms with E-state index >= 15 is 0 Å². The van der Waals surface area contributed by atoms with Crippen LogP contribution >= 0.6 is 0 Å². The Balaban J connectivity index is 1.83. The van der Waals surface area contributed by atoms with Gasteiger partial charge in [-0.1, -0.05) is 61.7 Å². The number of nitrogens with one attached hydrogen (secondary N) is 1. The van der Waals surface area contributed by atoms with Gasteiger partial charge in [0.1, 0.15) is 12.4 Å². The molecule has 0 radical (unpaired) electrons. The predicted molar refractivity (Wildman–Crippen MR) is 128 cm³/mol. The second kappa shape index (κ2) is 10.4. The lowest BCUT2D eigenvalue weighted by Crippen LogP contribution is -2.40. The summed E-state index contributed by atoms with van der Waals surface area (Å²) in [5.41, 5.74) is 15.9. The number of piperidine rings is 1. The normalized spacial score (nSPS) is 16.3. The number of rotatable bonds is 7. The van der Waals surface area contributed by atoms with Gasteiger partial charge >= 0.3 is 6.09 Å². The molecule has 0 spiro atoms. The Morgan fingerprint density at radius 1 is 1.31 bits per heavy atom. The summed E-state index contributed by atoms with van der Waals surface area (Å²) in [6, 6.07) is 11.3. The monoisotopic (exact) mass is 431 g/mol. The Morgan fingerprint density at radius 2 is 2.06 bits per heavy atom. The molecule has 0 aliphatic carbocycles. The van der Waals surface area contributed by atoms with Gasteiger partial charge < -0.3 is 21.1 Å². The quantitative estimate of drug-likeness (QED) is 0.344. The van der Waals surface area contributed by atoms with Crippen LogP contribution < -0.4 is 11.5 Å². The highest BCUT2D eigenvalue weighted by atomic mass is 16.6. The number of nitrogens with two attached hydrogens (primary N) is 2. The number of aromatic nitrogens is 1. The summed E-state index contributed by atoms with van der Waals surface area (Å²) in [4.78, 5) is 19.2. The Kier molecular flexibility index (Phi) is 7.44. The average Bonchev–Trinajstić information content (AvgIpc) is 2.81. The number of amidine groups is 1. The van der Waals surface area contributed by atoms with Gasteiger partial charge in [0.2, 0.25) is 0 Å². The minimum absolute atomic E-state index is 0.00432. The molecule has 1 aromatic heterocycles. The third-order valence-electron chi connectivity index (χ3n) is 5.44. The van der Waals surface area contributed by atoms with E-state index in [0.717, 1.165) is 29.7 Å². The first-order chi connectivity index (χ1) is 15.4. The minimum Gasteiger partial charge on any atom is -0.445 e. The van der Waals surface area contributed by atoms with Gasteiger partial charge in [0.15, 0.2) is 0 Å². The molecule has 1 fully saturated rings. The van der Waals surface area contributed by atoms with E-state index in [1.165, 1.54) is 0 Å². The molecule has 7 nitrogen and oxygen atoms in total. The Hall–Kier alpha value is -3.87. The molecule has 7 heteroatoms. The Morgan fingerprint density at radius 3 is 2.72 bits per heavy atom. The number of likely N-dealkylation sites (tertiary alicyclic amines) is 1. The topological polar surface area (TPSA) is 118 Å². The third-order valence-corrected chi connectivity index (χ3v) is 5.44. The van der Waals surface area contributed by atoms with Gasteiger partial charge in [-0.25, -0.2) is 4.79 Å². The highest BCUT2D eigenvalue weighted by molar-refractivity contribution is 6.05. The maximum atomic E-state index is 12.6. The number of nitrogen functional groups attached to an aromatic ring is 2. The smallest absolute Gasteiger partial charge is 0.410 e. The van der Waals surface area contributed by atoms with Crippen molar-refractivity contribution >= 4 is 17.6 Å². The van der Waals surface area contributed by atoms with Crippen molar-refractivity contribution in [2.75, 3.05) is 25.4 Å². The van der Waals surface area contributed by atoms with Crippen LogP contribution in [-0.4, -0.2) is 41.5 Å². The number of anilines is 1. The van der Waals surface area contributed by atoms with Crippen LogP contribution in [0.15, 0.2) is 73.4 Å². The van der Waals surface area contributed by atoms with Crippen molar-refractivity contribution in [3.63, 3.8) is 0 Å². The van der Waals surface area contributed by atoms with E-state index in [2.05, 4.69) is 13.2 Å². The number of hydrogen-bond donors (Lipinski definition) is 3. The second-order valence-corrected chi connectivity index (χ2v) is 7.66. The molecule has 3 rings (SSSR count). The standard InChI is InChI=1S/C25H29N5O2/c1-3-9-17(4-2)16-32-25(31)30-13-8-12-19(15-30)21-14-20(26)22(24(27)28)23(29-21)18-10-6-5-7-11-18/h3-7,9-11,14,19H,1-2,8,12-13,15-16H2,(H2,26,29)(H3,27,28)/b17-9+. The van der Waals surface area contributed by atoms with Gasteiger partial charge in [-0.3, -0.25) is 10.4 Å². The maximum absolute atomic E-state index is 12.6. The fourth-order valence-corrected chi connectivity index (χ4v) is 3.83. The number of benzene rings is 1. The van der Waals surface area contributed by atoms with Crippen molar-refractivity contribution in [3.8, 4) is 11.3 Å². The summed E-state index contributed by atoms with van der Waals surface area (Å²) in [7, 11) is 0. The molecule has 1 atom stereocenters. The molecule has 1 aliphatic rings. The van der Waals surface area contributed by atoms with Crippen molar-refractivity contribution < 1.29 is 9.53 Å². The van der Waals surface area contributed by atoms with E-state index in [1.54, 1.807) is 29.2 Å². The zero-order valence-corrected chi connectivity index (χ0v) is 18.1. The molecule has 1 unspecified atom stereocenters. The number of amides is 1. The molecule has 166 valence electrons. The van der Waals surface area contributed by atoms with E-state index in [4.69, 9.17) is 26.6 Å². The summed E-state index contributed by atoms with van der Waals surface area (Å²) >= 11 is 0. The van der Waals surface area contributed by atoms with Gasteiger partial charge in [0.05, 0.1) is 11.3 Å². The molecular weight excluding hydrogens is 402 g/mol. The number of allylic oxidation sites excluding steroid dienone is 2. The van der Waals surface area contributed by atoms with Crippen molar-refractivity contribution in [1.82, 2.24) is 9.88 Å². The van der Waals surface area contributed by atoms with E-state index in [1.807, 2.05) is 30.3 Å². The third kappa shape index (κ3) is 5.24. The number of ether oxygens (including phenoxy) is 1. The number of nitrogens with zero attached hydrogens (tertiary/aromatic N) is 2. The van der Waals surface area contributed by atoms with Gasteiger partial charge in [0, 0.05) is 36.0 Å². The number of carbonyl (C=O) groups excluding carboxylic acids is 1. The molecule has 5 N–H and O–H groups in total. The van der Waals surface area contributed by atoms with E-state index < -0.39 is 0 Å². The summed E-state index contributed by atoms with van der Waals surface area (Å²) < 4.78 is 5.45. The first-order valence-electron chi connectivity index (χ1n) is 10.5. The molecule has 1 aromatic carbocycles. The van der Waals surface area contributed by atoms with Crippen molar-refractivity contribution in [2.45, 2.75) is 18.8 Å². The lowest BCUT2D eigenvalue weighted by atomic mass is 9.92. The number of carbonyl (C=O) groups is 1. The lowest BCUT2D eigenvalue weighted by molar-refractivity contribution is 0.0988. The largest absolute Gasteiger partial charge is 0.445 e. The van der Waals surface area contributed by atoms with Crippen molar-refractivity contribution in [1.29, 1.82) is 5.41 Å². The van der Waals surface area contributed by atoms with Crippen LogP contribution in [0.25, 0.3) is 11.3 Å². The van der Waals surface area contributed by atoms with Crippen LogP contribution in [0.5, 0.6) is 0 Å². The molecule has 1 aliphatic heterocycles. The van der Waals surface area contributed by atoms with E-state index in [0.29, 0.717) is 30.0 Å². The van der Waals surface area contributed by atoms with Crippen LogP contribution in [0.2, 0.25) is 0 Å². The maximum Gasteiger partial charge on any atom is 0.410 e. The molecule has 32 heavy (non-hydrogen) atoms. The summed E-state index contributed by atoms with van der Waals surface area (Å²) in [6.07, 6.45) is 6.36. The van der Waals surface area contributed by atoms with Gasteiger partial charge in [-0.2, -0.15) is 0 Å². The van der Waals surface area contributed by atoms with E-state index in [9.17, 15) is 4.79 Å². The second-order valence-electron chi connectivity index (χ2n) is 7.66. The van der Waals surface area contributed by atoms with Gasteiger partial charge in [-0.15, -0.1) is 0 Å². The average molecular weight is 432 g/mol. The zero-order valence-electron chi connectivity index (χ0n) is 18.1. The zero-order chi connectivity index (χ0) is 23.1. The van der Waals surface area contributed by atoms with Crippen LogP contribution in [-0.2, 0) is 4.74 Å².